The van der Waals surface area contributed by atoms with Crippen molar-refractivity contribution in [3.05, 3.63) is 34.2 Å². The van der Waals surface area contributed by atoms with Crippen molar-refractivity contribution in [2.45, 2.75) is 37.8 Å². The molecule has 4 rings (SSSR count). The van der Waals surface area contributed by atoms with Gasteiger partial charge < -0.3 is 19.5 Å². The van der Waals surface area contributed by atoms with Crippen LogP contribution in [0.15, 0.2) is 23.4 Å². The Morgan fingerprint density at radius 3 is 2.79 bits per heavy atom. The second kappa shape index (κ2) is 10.9. The third-order valence-corrected chi connectivity index (χ3v) is 7.42. The van der Waals surface area contributed by atoms with Gasteiger partial charge in [0.05, 0.1) is 32.1 Å². The molecule has 0 radical (unpaired) electrons. The Balaban J connectivity index is 1.49. The number of carbonyl (C=O) groups is 2. The SMILES string of the molecule is CCOC(=O)c1c(NC(=O)CSc2nnnn2-c2ccc(OC)cc2OC)sc2c1CCCC2. The zero-order valence-electron chi connectivity index (χ0n) is 19.1. The van der Waals surface area contributed by atoms with Gasteiger partial charge in [0.2, 0.25) is 11.1 Å². The van der Waals surface area contributed by atoms with Crippen LogP contribution in [0, 0.1) is 0 Å². The monoisotopic (exact) mass is 503 g/mol. The Labute approximate surface area is 205 Å². The molecule has 180 valence electrons. The van der Waals surface area contributed by atoms with Crippen LogP contribution >= 0.6 is 23.1 Å². The fourth-order valence-corrected chi connectivity index (χ4v) is 5.72. The maximum Gasteiger partial charge on any atom is 0.341 e. The van der Waals surface area contributed by atoms with Crippen LogP contribution in [-0.2, 0) is 22.4 Å². The van der Waals surface area contributed by atoms with Crippen molar-refractivity contribution >= 4 is 40.0 Å². The van der Waals surface area contributed by atoms with E-state index in [0.29, 0.717) is 32.9 Å². The Morgan fingerprint density at radius 2 is 2.03 bits per heavy atom. The third kappa shape index (κ3) is 5.02. The number of nitrogens with zero attached hydrogens (tertiary/aromatic N) is 4. The zero-order chi connectivity index (χ0) is 24.1. The minimum absolute atomic E-state index is 0.0592. The summed E-state index contributed by atoms with van der Waals surface area (Å²) in [5.41, 5.74) is 2.12. The van der Waals surface area contributed by atoms with Crippen LogP contribution in [0.3, 0.4) is 0 Å². The van der Waals surface area contributed by atoms with Crippen LogP contribution in [0.4, 0.5) is 5.00 Å². The Bertz CT molecular complexity index is 1190. The number of benzene rings is 1. The molecule has 0 saturated heterocycles. The van der Waals surface area contributed by atoms with E-state index >= 15 is 0 Å². The van der Waals surface area contributed by atoms with Crippen LogP contribution in [0.5, 0.6) is 11.5 Å². The summed E-state index contributed by atoms with van der Waals surface area (Å²) < 4.78 is 17.4. The summed E-state index contributed by atoms with van der Waals surface area (Å²) in [6.45, 7) is 2.05. The molecule has 1 amide bonds. The van der Waals surface area contributed by atoms with Crippen molar-refractivity contribution < 1.29 is 23.8 Å². The molecule has 2 heterocycles. The fourth-order valence-electron chi connectivity index (χ4n) is 3.75. The first kappa shape index (κ1) is 24.0. The second-order valence-electron chi connectivity index (χ2n) is 7.38. The van der Waals surface area contributed by atoms with Gasteiger partial charge >= 0.3 is 5.97 Å². The zero-order valence-corrected chi connectivity index (χ0v) is 20.8. The number of rotatable bonds is 9. The highest BCUT2D eigenvalue weighted by Crippen LogP contribution is 2.39. The molecular formula is C22H25N5O5S2. The van der Waals surface area contributed by atoms with Crippen molar-refractivity contribution in [1.29, 1.82) is 0 Å². The van der Waals surface area contributed by atoms with Gasteiger partial charge in [-0.3, -0.25) is 4.79 Å². The lowest BCUT2D eigenvalue weighted by molar-refractivity contribution is -0.113. The van der Waals surface area contributed by atoms with Crippen molar-refractivity contribution in [1.82, 2.24) is 20.2 Å². The Kier molecular flexibility index (Phi) is 7.68. The Morgan fingerprint density at radius 1 is 1.21 bits per heavy atom. The first-order valence-electron chi connectivity index (χ1n) is 10.8. The van der Waals surface area contributed by atoms with E-state index in [9.17, 15) is 9.59 Å². The number of carbonyl (C=O) groups excluding carboxylic acids is 2. The molecule has 1 aliphatic carbocycles. The standard InChI is InChI=1S/C22H25N5O5S2/c1-4-32-21(29)19-14-7-5-6-8-17(14)34-20(19)23-18(28)12-33-22-24-25-26-27(22)15-10-9-13(30-2)11-16(15)31-3/h9-11H,4-8,12H2,1-3H3,(H,23,28). The van der Waals surface area contributed by atoms with Gasteiger partial charge in [0, 0.05) is 10.9 Å². The normalized spacial score (nSPS) is 12.7. The number of thiophene rings is 1. The molecule has 12 heteroatoms. The van der Waals surface area contributed by atoms with E-state index in [1.807, 2.05) is 0 Å². The number of hydrogen-bond donors (Lipinski definition) is 1. The minimum atomic E-state index is -0.389. The number of amides is 1. The first-order valence-corrected chi connectivity index (χ1v) is 12.6. The molecule has 2 aromatic heterocycles. The molecule has 0 spiro atoms. The molecule has 0 bridgehead atoms. The Hall–Kier alpha value is -3.12. The van der Waals surface area contributed by atoms with E-state index in [0.717, 1.165) is 36.1 Å². The van der Waals surface area contributed by atoms with Crippen molar-refractivity contribution in [3.8, 4) is 17.2 Å². The lowest BCUT2D eigenvalue weighted by atomic mass is 9.95. The quantitative estimate of drug-likeness (QED) is 0.346. The number of anilines is 1. The molecular weight excluding hydrogens is 478 g/mol. The molecule has 0 aliphatic heterocycles. The molecule has 1 aliphatic rings. The lowest BCUT2D eigenvalue weighted by Gasteiger charge is -2.12. The summed E-state index contributed by atoms with van der Waals surface area (Å²) in [6, 6.07) is 5.28. The van der Waals surface area contributed by atoms with E-state index in [1.165, 1.54) is 27.8 Å². The van der Waals surface area contributed by atoms with Gasteiger partial charge in [0.25, 0.3) is 0 Å². The molecule has 10 nitrogen and oxygen atoms in total. The van der Waals surface area contributed by atoms with E-state index in [4.69, 9.17) is 14.2 Å². The maximum atomic E-state index is 12.8. The number of fused-ring (bicyclic) bond motifs is 1. The highest BCUT2D eigenvalue weighted by atomic mass is 32.2. The summed E-state index contributed by atoms with van der Waals surface area (Å²) >= 11 is 2.64. The number of nitrogens with one attached hydrogen (secondary N) is 1. The number of hydrogen-bond acceptors (Lipinski definition) is 10. The van der Waals surface area contributed by atoms with Gasteiger partial charge in [-0.2, -0.15) is 4.68 Å². The van der Waals surface area contributed by atoms with Crippen LogP contribution in [-0.4, -0.2) is 58.7 Å². The number of tetrazole rings is 1. The number of esters is 1. The van der Waals surface area contributed by atoms with Crippen molar-refractivity contribution in [2.75, 3.05) is 31.9 Å². The molecule has 34 heavy (non-hydrogen) atoms. The average Bonchev–Trinajstić information content (AvgIpc) is 3.46. The topological polar surface area (TPSA) is 117 Å². The smallest absolute Gasteiger partial charge is 0.341 e. The van der Waals surface area contributed by atoms with E-state index in [-0.39, 0.29) is 24.2 Å². The summed E-state index contributed by atoms with van der Waals surface area (Å²) in [6.07, 6.45) is 3.84. The average molecular weight is 504 g/mol. The summed E-state index contributed by atoms with van der Waals surface area (Å²) in [4.78, 5) is 26.6. The number of aryl methyl sites for hydroxylation is 1. The van der Waals surface area contributed by atoms with Gasteiger partial charge in [0.1, 0.15) is 22.2 Å². The van der Waals surface area contributed by atoms with Gasteiger partial charge in [-0.1, -0.05) is 11.8 Å². The number of aromatic nitrogens is 4. The molecule has 3 aromatic rings. The number of thioether (sulfide) groups is 1. The molecule has 0 fully saturated rings. The van der Waals surface area contributed by atoms with Crippen molar-refractivity contribution in [3.63, 3.8) is 0 Å². The summed E-state index contributed by atoms with van der Waals surface area (Å²) in [5, 5.41) is 15.7. The van der Waals surface area contributed by atoms with Gasteiger partial charge in [0.15, 0.2) is 0 Å². The molecule has 1 aromatic carbocycles. The third-order valence-electron chi connectivity index (χ3n) is 5.29. The predicted molar refractivity (Wildman–Crippen MR) is 129 cm³/mol. The molecule has 1 N–H and O–H groups in total. The number of methoxy groups -OCH3 is 2. The van der Waals surface area contributed by atoms with Crippen molar-refractivity contribution in [2.24, 2.45) is 0 Å². The minimum Gasteiger partial charge on any atom is -0.497 e. The molecule has 0 atom stereocenters. The number of ether oxygens (including phenoxy) is 3. The van der Waals surface area contributed by atoms with Crippen LogP contribution in [0.2, 0.25) is 0 Å². The lowest BCUT2D eigenvalue weighted by Crippen LogP contribution is -2.17. The fraction of sp³-hybridized carbons (Fsp3) is 0.409. The van der Waals surface area contributed by atoms with Crippen LogP contribution < -0.4 is 14.8 Å². The highest BCUT2D eigenvalue weighted by molar-refractivity contribution is 7.99. The summed E-state index contributed by atoms with van der Waals surface area (Å²) in [7, 11) is 3.12. The highest BCUT2D eigenvalue weighted by Gasteiger charge is 2.27. The predicted octanol–water partition coefficient (Wildman–Crippen LogP) is 3.53. The first-order chi connectivity index (χ1) is 16.5. The van der Waals surface area contributed by atoms with Gasteiger partial charge in [-0.25, -0.2) is 4.79 Å². The van der Waals surface area contributed by atoms with Crippen LogP contribution in [0.25, 0.3) is 5.69 Å². The maximum absolute atomic E-state index is 12.8. The van der Waals surface area contributed by atoms with Gasteiger partial charge in [-0.15, -0.1) is 16.4 Å². The van der Waals surface area contributed by atoms with E-state index in [1.54, 1.807) is 39.3 Å². The molecule has 0 saturated carbocycles. The van der Waals surface area contributed by atoms with E-state index in [2.05, 4.69) is 20.8 Å². The second-order valence-corrected chi connectivity index (χ2v) is 9.43. The summed E-state index contributed by atoms with van der Waals surface area (Å²) in [5.74, 6) is 0.578. The van der Waals surface area contributed by atoms with Crippen LogP contribution in [0.1, 0.15) is 40.6 Å². The van der Waals surface area contributed by atoms with E-state index < -0.39 is 0 Å². The van der Waals surface area contributed by atoms with Gasteiger partial charge in [-0.05, 0) is 60.7 Å². The largest absolute Gasteiger partial charge is 0.497 e. The molecule has 0 unspecified atom stereocenters.